The van der Waals surface area contributed by atoms with Gasteiger partial charge in [-0.25, -0.2) is 4.79 Å². The van der Waals surface area contributed by atoms with Crippen LogP contribution in [0.1, 0.15) is 68.6 Å². The predicted octanol–water partition coefficient (Wildman–Crippen LogP) is 5.13. The topological polar surface area (TPSA) is 114 Å². The van der Waals surface area contributed by atoms with Crippen LogP contribution in [0, 0.1) is 24.7 Å². The molecule has 3 aromatic rings. The van der Waals surface area contributed by atoms with E-state index < -0.39 is 5.92 Å². The van der Waals surface area contributed by atoms with Gasteiger partial charge < -0.3 is 25.3 Å². The average molecular weight is 654 g/mol. The molecule has 4 aliphatic rings. The van der Waals surface area contributed by atoms with Gasteiger partial charge >= 0.3 is 6.03 Å². The van der Waals surface area contributed by atoms with Crippen molar-refractivity contribution in [2.24, 2.45) is 17.8 Å². The number of nitrogens with one attached hydrogen (secondary N) is 3. The molecule has 0 saturated carbocycles. The van der Waals surface area contributed by atoms with E-state index in [0.717, 1.165) is 90.9 Å². The van der Waals surface area contributed by atoms with Crippen molar-refractivity contribution < 1.29 is 14.4 Å². The molecule has 10 heteroatoms. The van der Waals surface area contributed by atoms with Crippen LogP contribution in [-0.4, -0.2) is 94.1 Å². The van der Waals surface area contributed by atoms with Gasteiger partial charge in [0.15, 0.2) is 0 Å². The van der Waals surface area contributed by atoms with E-state index in [0.29, 0.717) is 32.0 Å². The molecule has 48 heavy (non-hydrogen) atoms. The highest BCUT2D eigenvalue weighted by molar-refractivity contribution is 5.91. The summed E-state index contributed by atoms with van der Waals surface area (Å²) < 4.78 is 0. The first-order valence-corrected chi connectivity index (χ1v) is 18.2. The Morgan fingerprint density at radius 1 is 0.979 bits per heavy atom. The number of aromatic amines is 1. The zero-order valence-corrected chi connectivity index (χ0v) is 28.5. The third kappa shape index (κ3) is 6.95. The van der Waals surface area contributed by atoms with Gasteiger partial charge in [-0.1, -0.05) is 24.3 Å². The van der Waals surface area contributed by atoms with E-state index in [-0.39, 0.29) is 36.3 Å². The molecule has 0 spiro atoms. The standard InChI is InChI=1S/C38H51N7O3/c1-25-19-27(22-32-24-40-42-36(25)32)21-31(37(47)44-17-10-30(20-26(44)2)28-7-13-39-14-8-28)23-35(46)43-15-11-33(12-16-43)45-18-9-29-5-3-4-6-34(29)41-38(45)48/h3-6,19,22,24,26,28,30-31,33,39H,7-18,20-21,23H2,1-2H3,(H,40,42)(H,41,48)/t26-,30?,31?/m1/s1. The van der Waals surface area contributed by atoms with E-state index in [1.165, 1.54) is 12.8 Å². The summed E-state index contributed by atoms with van der Waals surface area (Å²) in [6.45, 7) is 9.09. The fourth-order valence-corrected chi connectivity index (χ4v) is 8.98. The van der Waals surface area contributed by atoms with Gasteiger partial charge in [0.2, 0.25) is 11.8 Å². The number of H-pyrrole nitrogens is 1. The SMILES string of the molecule is Cc1cc(CC(CC(=O)N2CCC(N3CCc4ccccc4NC3=O)CC2)C(=O)N2CCC(C3CCNCC3)C[C@H]2C)cc2cn[nH]c12. The number of hydrogen-bond acceptors (Lipinski definition) is 5. The minimum atomic E-state index is -0.424. The number of rotatable bonds is 7. The fraction of sp³-hybridized carbons (Fsp3) is 0.579. The molecule has 3 fully saturated rings. The Hall–Kier alpha value is -3.92. The predicted molar refractivity (Wildman–Crippen MR) is 188 cm³/mol. The normalized spacial score (nSPS) is 23.5. The van der Waals surface area contributed by atoms with Gasteiger partial charge in [0.25, 0.3) is 0 Å². The zero-order valence-electron chi connectivity index (χ0n) is 28.5. The third-order valence-corrected chi connectivity index (χ3v) is 11.7. The number of aryl methyl sites for hydroxylation is 1. The van der Waals surface area contributed by atoms with Crippen LogP contribution in [0.25, 0.3) is 10.9 Å². The lowest BCUT2D eigenvalue weighted by Crippen LogP contribution is -2.51. The average Bonchev–Trinajstić information content (AvgIpc) is 3.51. The second-order valence-corrected chi connectivity index (χ2v) is 14.7. The molecule has 5 heterocycles. The number of anilines is 1. The van der Waals surface area contributed by atoms with Crippen LogP contribution in [-0.2, 0) is 22.4 Å². The van der Waals surface area contributed by atoms with E-state index in [9.17, 15) is 14.4 Å². The highest BCUT2D eigenvalue weighted by Gasteiger charge is 2.38. The molecule has 3 atom stereocenters. The van der Waals surface area contributed by atoms with Crippen molar-refractivity contribution >= 4 is 34.4 Å². The summed E-state index contributed by atoms with van der Waals surface area (Å²) in [5, 5.41) is 14.9. The van der Waals surface area contributed by atoms with Crippen molar-refractivity contribution in [3.63, 3.8) is 0 Å². The van der Waals surface area contributed by atoms with Crippen molar-refractivity contribution in [2.45, 2.75) is 83.7 Å². The lowest BCUT2D eigenvalue weighted by molar-refractivity contribution is -0.145. The van der Waals surface area contributed by atoms with Crippen LogP contribution in [0.2, 0.25) is 0 Å². The minimum absolute atomic E-state index is 0.0397. The van der Waals surface area contributed by atoms with Crippen LogP contribution >= 0.6 is 0 Å². The number of carbonyl (C=O) groups is 3. The third-order valence-electron chi connectivity index (χ3n) is 11.7. The maximum Gasteiger partial charge on any atom is 0.322 e. The second kappa shape index (κ2) is 14.3. The fourth-order valence-electron chi connectivity index (χ4n) is 8.98. The van der Waals surface area contributed by atoms with Gasteiger partial charge in [-0.3, -0.25) is 14.7 Å². The number of para-hydroxylation sites is 1. The summed E-state index contributed by atoms with van der Waals surface area (Å²) in [6, 6.07) is 12.4. The smallest absolute Gasteiger partial charge is 0.322 e. The van der Waals surface area contributed by atoms with Gasteiger partial charge in [0.05, 0.1) is 17.6 Å². The maximum absolute atomic E-state index is 14.4. The Morgan fingerprint density at radius 3 is 2.56 bits per heavy atom. The minimum Gasteiger partial charge on any atom is -0.343 e. The molecule has 4 amide bonds. The van der Waals surface area contributed by atoms with Gasteiger partial charge in [0.1, 0.15) is 0 Å². The van der Waals surface area contributed by atoms with Crippen LogP contribution in [0.4, 0.5) is 10.5 Å². The number of aromatic nitrogens is 2. The van der Waals surface area contributed by atoms with E-state index >= 15 is 0 Å². The molecule has 0 radical (unpaired) electrons. The summed E-state index contributed by atoms with van der Waals surface area (Å²) >= 11 is 0. The molecule has 2 aromatic carbocycles. The van der Waals surface area contributed by atoms with Gasteiger partial charge in [-0.15, -0.1) is 0 Å². The van der Waals surface area contributed by atoms with Crippen molar-refractivity contribution in [3.05, 3.63) is 59.3 Å². The van der Waals surface area contributed by atoms with Crippen molar-refractivity contribution in [1.82, 2.24) is 30.2 Å². The molecule has 0 bridgehead atoms. The lowest BCUT2D eigenvalue weighted by Gasteiger charge is -2.43. The molecular formula is C38H51N7O3. The Morgan fingerprint density at radius 2 is 1.77 bits per heavy atom. The molecule has 2 unspecified atom stereocenters. The van der Waals surface area contributed by atoms with E-state index in [1.807, 2.05) is 34.2 Å². The van der Waals surface area contributed by atoms with E-state index in [2.05, 4.69) is 57.8 Å². The number of piperidine rings is 3. The molecule has 7 rings (SSSR count). The van der Waals surface area contributed by atoms with Crippen molar-refractivity contribution in [3.8, 4) is 0 Å². The zero-order chi connectivity index (χ0) is 33.2. The molecule has 10 nitrogen and oxygen atoms in total. The Balaban J connectivity index is 1.02. The van der Waals surface area contributed by atoms with Crippen molar-refractivity contribution in [2.75, 3.05) is 44.6 Å². The summed E-state index contributed by atoms with van der Waals surface area (Å²) in [5.74, 6) is 1.13. The number of likely N-dealkylation sites (tertiary alicyclic amines) is 2. The number of fused-ring (bicyclic) bond motifs is 2. The van der Waals surface area contributed by atoms with E-state index in [1.54, 1.807) is 0 Å². The largest absolute Gasteiger partial charge is 0.343 e. The Labute approximate surface area is 284 Å². The molecule has 0 aliphatic carbocycles. The van der Waals surface area contributed by atoms with Gasteiger partial charge in [0, 0.05) is 55.8 Å². The van der Waals surface area contributed by atoms with Crippen LogP contribution in [0.3, 0.4) is 0 Å². The molecule has 256 valence electrons. The summed E-state index contributed by atoms with van der Waals surface area (Å²) in [4.78, 5) is 47.5. The molecule has 3 saturated heterocycles. The number of hydrogen-bond donors (Lipinski definition) is 3. The maximum atomic E-state index is 14.4. The first-order valence-electron chi connectivity index (χ1n) is 18.2. The Bertz CT molecular complexity index is 1620. The van der Waals surface area contributed by atoms with E-state index in [4.69, 9.17) is 0 Å². The molecule has 3 N–H and O–H groups in total. The first-order chi connectivity index (χ1) is 23.3. The molecule has 1 aromatic heterocycles. The van der Waals surface area contributed by atoms with Gasteiger partial charge in [-0.2, -0.15) is 5.10 Å². The highest BCUT2D eigenvalue weighted by Crippen LogP contribution is 2.35. The summed E-state index contributed by atoms with van der Waals surface area (Å²) in [6.07, 6.45) is 9.40. The quantitative estimate of drug-likeness (QED) is 0.328. The molecule has 4 aliphatic heterocycles. The number of carbonyl (C=O) groups excluding carboxylic acids is 3. The number of nitrogens with zero attached hydrogens (tertiary/aromatic N) is 4. The lowest BCUT2D eigenvalue weighted by atomic mass is 9.77. The number of urea groups is 1. The highest BCUT2D eigenvalue weighted by atomic mass is 16.2. The Kier molecular flexibility index (Phi) is 9.71. The molecular weight excluding hydrogens is 602 g/mol. The van der Waals surface area contributed by atoms with Crippen LogP contribution in [0.15, 0.2) is 42.6 Å². The number of benzene rings is 2. The van der Waals surface area contributed by atoms with Gasteiger partial charge in [-0.05, 0) is 119 Å². The number of amides is 4. The van der Waals surface area contributed by atoms with Crippen molar-refractivity contribution in [1.29, 1.82) is 0 Å². The summed E-state index contributed by atoms with van der Waals surface area (Å²) in [5.41, 5.74) is 5.22. The monoisotopic (exact) mass is 653 g/mol. The second-order valence-electron chi connectivity index (χ2n) is 14.7. The van der Waals surface area contributed by atoms with Crippen LogP contribution < -0.4 is 10.6 Å². The summed E-state index contributed by atoms with van der Waals surface area (Å²) in [7, 11) is 0. The van der Waals surface area contributed by atoms with Crippen LogP contribution in [0.5, 0.6) is 0 Å². The first kappa shape index (κ1) is 32.6.